The number of ether oxygens (including phenoxy) is 1. The van der Waals surface area contributed by atoms with Crippen molar-refractivity contribution in [1.82, 2.24) is 0 Å². The van der Waals surface area contributed by atoms with Crippen LogP contribution < -0.4 is 10.1 Å². The van der Waals surface area contributed by atoms with E-state index in [2.05, 4.69) is 5.32 Å². The largest absolute Gasteiger partial charge is 0.494 e. The van der Waals surface area contributed by atoms with Crippen LogP contribution in [0.5, 0.6) is 5.75 Å². The lowest BCUT2D eigenvalue weighted by Crippen LogP contribution is -2.12. The van der Waals surface area contributed by atoms with Crippen molar-refractivity contribution < 1.29 is 19.4 Å². The molecule has 2 aromatic carbocycles. The number of carboxylic acids is 1. The molecule has 0 aromatic heterocycles. The van der Waals surface area contributed by atoms with E-state index in [0.717, 1.165) is 12.2 Å². The van der Waals surface area contributed by atoms with Crippen LogP contribution in [0.15, 0.2) is 48.5 Å². The molecule has 0 heterocycles. The molecule has 0 aliphatic rings. The van der Waals surface area contributed by atoms with Gasteiger partial charge in [0.2, 0.25) is 0 Å². The van der Waals surface area contributed by atoms with Crippen molar-refractivity contribution in [2.45, 2.75) is 13.3 Å². The van der Waals surface area contributed by atoms with Gasteiger partial charge >= 0.3 is 5.97 Å². The Bertz CT molecular complexity index is 647. The highest BCUT2D eigenvalue weighted by molar-refractivity contribution is 6.04. The molecule has 0 fully saturated rings. The summed E-state index contributed by atoms with van der Waals surface area (Å²) in [5.74, 6) is -0.533. The number of amides is 1. The molecular formula is C17H17NO4. The second-order valence-electron chi connectivity index (χ2n) is 4.71. The number of carbonyl (C=O) groups excluding carboxylic acids is 1. The lowest BCUT2D eigenvalue weighted by molar-refractivity contribution is 0.0696. The maximum absolute atomic E-state index is 12.1. The van der Waals surface area contributed by atoms with E-state index in [1.165, 1.54) is 12.1 Å². The van der Waals surface area contributed by atoms with Gasteiger partial charge in [-0.05, 0) is 55.0 Å². The van der Waals surface area contributed by atoms with Crippen molar-refractivity contribution in [3.05, 3.63) is 59.7 Å². The first kappa shape index (κ1) is 15.6. The van der Waals surface area contributed by atoms with Crippen LogP contribution in [0.2, 0.25) is 0 Å². The minimum atomic E-state index is -0.999. The predicted molar refractivity (Wildman–Crippen MR) is 83.6 cm³/mol. The van der Waals surface area contributed by atoms with E-state index in [-0.39, 0.29) is 11.5 Å². The van der Waals surface area contributed by atoms with E-state index in [4.69, 9.17) is 9.84 Å². The van der Waals surface area contributed by atoms with Crippen LogP contribution in [0.1, 0.15) is 34.1 Å². The molecule has 0 aliphatic heterocycles. The zero-order chi connectivity index (χ0) is 15.9. The van der Waals surface area contributed by atoms with Crippen molar-refractivity contribution in [3.63, 3.8) is 0 Å². The molecule has 2 N–H and O–H groups in total. The number of carboxylic acid groups (broad SMARTS) is 1. The smallest absolute Gasteiger partial charge is 0.335 e. The molecule has 114 valence electrons. The van der Waals surface area contributed by atoms with E-state index in [0.29, 0.717) is 17.9 Å². The van der Waals surface area contributed by atoms with Crippen LogP contribution in [0.4, 0.5) is 5.69 Å². The van der Waals surface area contributed by atoms with Gasteiger partial charge in [0, 0.05) is 11.3 Å². The zero-order valence-electron chi connectivity index (χ0n) is 12.2. The third-order valence-electron chi connectivity index (χ3n) is 2.98. The molecule has 0 unspecified atom stereocenters. The second kappa shape index (κ2) is 7.26. The average Bonchev–Trinajstić information content (AvgIpc) is 2.54. The molecule has 0 aliphatic carbocycles. The second-order valence-corrected chi connectivity index (χ2v) is 4.71. The molecule has 0 saturated heterocycles. The third-order valence-corrected chi connectivity index (χ3v) is 2.98. The van der Waals surface area contributed by atoms with Crippen molar-refractivity contribution in [2.24, 2.45) is 0 Å². The lowest BCUT2D eigenvalue weighted by Gasteiger charge is -2.07. The normalized spacial score (nSPS) is 10.0. The Labute approximate surface area is 128 Å². The highest BCUT2D eigenvalue weighted by Crippen LogP contribution is 2.15. The lowest BCUT2D eigenvalue weighted by atomic mass is 10.2. The molecular weight excluding hydrogens is 282 g/mol. The van der Waals surface area contributed by atoms with Crippen LogP contribution in [-0.2, 0) is 0 Å². The van der Waals surface area contributed by atoms with Crippen molar-refractivity contribution in [1.29, 1.82) is 0 Å². The Morgan fingerprint density at radius 3 is 2.14 bits per heavy atom. The fourth-order valence-corrected chi connectivity index (χ4v) is 1.82. The minimum absolute atomic E-state index is 0.176. The maximum atomic E-state index is 12.1. The summed E-state index contributed by atoms with van der Waals surface area (Å²) in [5.41, 5.74) is 1.22. The van der Waals surface area contributed by atoms with Gasteiger partial charge in [-0.15, -0.1) is 0 Å². The van der Waals surface area contributed by atoms with E-state index in [9.17, 15) is 9.59 Å². The zero-order valence-corrected chi connectivity index (χ0v) is 12.2. The number of anilines is 1. The standard InChI is InChI=1S/C17H17NO4/c1-2-11-22-15-9-5-12(6-10-15)16(19)18-14-7-3-13(4-8-14)17(20)21/h3-10H,2,11H2,1H3,(H,18,19)(H,20,21). The van der Waals surface area contributed by atoms with Gasteiger partial charge in [0.15, 0.2) is 0 Å². The number of hydrogen-bond donors (Lipinski definition) is 2. The summed E-state index contributed by atoms with van der Waals surface area (Å²) in [5, 5.41) is 11.5. The third kappa shape index (κ3) is 4.09. The number of carbonyl (C=O) groups is 2. The molecule has 5 heteroatoms. The molecule has 2 aromatic rings. The monoisotopic (exact) mass is 299 g/mol. The average molecular weight is 299 g/mol. The molecule has 0 spiro atoms. The Hall–Kier alpha value is -2.82. The fourth-order valence-electron chi connectivity index (χ4n) is 1.82. The van der Waals surface area contributed by atoms with E-state index < -0.39 is 5.97 Å². The summed E-state index contributed by atoms with van der Waals surface area (Å²) in [4.78, 5) is 22.9. The highest BCUT2D eigenvalue weighted by Gasteiger charge is 2.07. The first-order chi connectivity index (χ1) is 10.6. The van der Waals surface area contributed by atoms with Crippen LogP contribution in [0, 0.1) is 0 Å². The number of hydrogen-bond acceptors (Lipinski definition) is 3. The molecule has 22 heavy (non-hydrogen) atoms. The summed E-state index contributed by atoms with van der Waals surface area (Å²) in [6, 6.07) is 12.9. The van der Waals surface area contributed by atoms with Gasteiger partial charge in [0.1, 0.15) is 5.75 Å². The van der Waals surface area contributed by atoms with Gasteiger partial charge in [-0.2, -0.15) is 0 Å². The molecule has 0 atom stereocenters. The van der Waals surface area contributed by atoms with E-state index in [1.807, 2.05) is 6.92 Å². The van der Waals surface area contributed by atoms with Gasteiger partial charge in [-0.25, -0.2) is 4.79 Å². The number of rotatable bonds is 6. The van der Waals surface area contributed by atoms with Gasteiger partial charge < -0.3 is 15.2 Å². The summed E-state index contributed by atoms with van der Waals surface area (Å²) >= 11 is 0. The van der Waals surface area contributed by atoms with Crippen molar-refractivity contribution in [2.75, 3.05) is 11.9 Å². The van der Waals surface area contributed by atoms with E-state index in [1.54, 1.807) is 36.4 Å². The fraction of sp³-hybridized carbons (Fsp3) is 0.176. The SMILES string of the molecule is CCCOc1ccc(C(=O)Nc2ccc(C(=O)O)cc2)cc1. The predicted octanol–water partition coefficient (Wildman–Crippen LogP) is 3.43. The number of nitrogens with one attached hydrogen (secondary N) is 1. The summed E-state index contributed by atoms with van der Waals surface area (Å²) < 4.78 is 5.46. The van der Waals surface area contributed by atoms with Crippen LogP contribution in [0.3, 0.4) is 0 Å². The summed E-state index contributed by atoms with van der Waals surface area (Å²) in [6.45, 7) is 2.67. The van der Waals surface area contributed by atoms with Crippen molar-refractivity contribution >= 4 is 17.6 Å². The van der Waals surface area contributed by atoms with Gasteiger partial charge in [-0.3, -0.25) is 4.79 Å². The summed E-state index contributed by atoms with van der Waals surface area (Å²) in [6.07, 6.45) is 0.925. The Morgan fingerprint density at radius 2 is 1.59 bits per heavy atom. The van der Waals surface area contributed by atoms with Crippen LogP contribution in [-0.4, -0.2) is 23.6 Å². The molecule has 0 saturated carbocycles. The van der Waals surface area contributed by atoms with Crippen LogP contribution >= 0.6 is 0 Å². The van der Waals surface area contributed by atoms with Gasteiger partial charge in [0.05, 0.1) is 12.2 Å². The number of aromatic carboxylic acids is 1. The number of benzene rings is 2. The summed E-state index contributed by atoms with van der Waals surface area (Å²) in [7, 11) is 0. The Kier molecular flexibility index (Phi) is 5.14. The molecule has 1 amide bonds. The Morgan fingerprint density at radius 1 is 1.00 bits per heavy atom. The molecule has 0 bridgehead atoms. The maximum Gasteiger partial charge on any atom is 0.335 e. The first-order valence-corrected chi connectivity index (χ1v) is 6.97. The minimum Gasteiger partial charge on any atom is -0.494 e. The Balaban J connectivity index is 2.00. The molecule has 2 rings (SSSR count). The topological polar surface area (TPSA) is 75.6 Å². The molecule has 5 nitrogen and oxygen atoms in total. The van der Waals surface area contributed by atoms with E-state index >= 15 is 0 Å². The highest BCUT2D eigenvalue weighted by atomic mass is 16.5. The van der Waals surface area contributed by atoms with Gasteiger partial charge in [-0.1, -0.05) is 6.92 Å². The molecule has 0 radical (unpaired) electrons. The van der Waals surface area contributed by atoms with Gasteiger partial charge in [0.25, 0.3) is 5.91 Å². The van der Waals surface area contributed by atoms with Crippen LogP contribution in [0.25, 0.3) is 0 Å². The first-order valence-electron chi connectivity index (χ1n) is 6.97. The quantitative estimate of drug-likeness (QED) is 0.857. The van der Waals surface area contributed by atoms with Crippen molar-refractivity contribution in [3.8, 4) is 5.75 Å².